The van der Waals surface area contributed by atoms with Crippen LogP contribution in [0.4, 0.5) is 0 Å². The Balaban J connectivity index is 2.20. The molecule has 0 saturated carbocycles. The summed E-state index contributed by atoms with van der Waals surface area (Å²) in [6.07, 6.45) is 8.98. The molecular formula is C9H10O2. The van der Waals surface area contributed by atoms with Crippen LogP contribution in [-0.4, -0.2) is 11.1 Å². The lowest BCUT2D eigenvalue weighted by Gasteiger charge is -2.12. The second-order valence-corrected chi connectivity index (χ2v) is 3.15. The molecule has 58 valence electrons. The molecule has 0 aromatic rings. The van der Waals surface area contributed by atoms with Gasteiger partial charge >= 0.3 is 5.97 Å². The molecule has 0 radical (unpaired) electrons. The summed E-state index contributed by atoms with van der Waals surface area (Å²) >= 11 is 0. The number of fused-ring (bicyclic) bond motifs is 1. The summed E-state index contributed by atoms with van der Waals surface area (Å²) in [4.78, 5) is 10.7. The molecule has 0 amide bonds. The van der Waals surface area contributed by atoms with Gasteiger partial charge in [-0.25, -0.2) is 0 Å². The second-order valence-electron chi connectivity index (χ2n) is 3.15. The molecule has 0 heterocycles. The van der Waals surface area contributed by atoms with E-state index in [1.54, 1.807) is 0 Å². The van der Waals surface area contributed by atoms with Crippen LogP contribution in [0.15, 0.2) is 24.3 Å². The Morgan fingerprint density at radius 3 is 2.91 bits per heavy atom. The van der Waals surface area contributed by atoms with Crippen molar-refractivity contribution in [1.29, 1.82) is 0 Å². The van der Waals surface area contributed by atoms with Crippen molar-refractivity contribution in [3.63, 3.8) is 0 Å². The van der Waals surface area contributed by atoms with Gasteiger partial charge in [-0.3, -0.25) is 4.79 Å². The first-order valence-electron chi connectivity index (χ1n) is 3.87. The first-order valence-corrected chi connectivity index (χ1v) is 3.87. The van der Waals surface area contributed by atoms with E-state index in [0.717, 1.165) is 6.42 Å². The Labute approximate surface area is 65.2 Å². The average molecular weight is 150 g/mol. The van der Waals surface area contributed by atoms with Crippen molar-refractivity contribution in [2.75, 3.05) is 0 Å². The molecule has 3 atom stereocenters. The van der Waals surface area contributed by atoms with Gasteiger partial charge < -0.3 is 5.11 Å². The average Bonchev–Trinajstić information content (AvgIpc) is 2.41. The van der Waals surface area contributed by atoms with Crippen LogP contribution in [0.3, 0.4) is 0 Å². The van der Waals surface area contributed by atoms with Crippen LogP contribution in [-0.2, 0) is 4.79 Å². The van der Waals surface area contributed by atoms with Gasteiger partial charge in [0, 0.05) is 5.92 Å². The topological polar surface area (TPSA) is 37.3 Å². The Bertz CT molecular complexity index is 240. The standard InChI is InChI=1S/C9H10O2/c10-9(11)8-5-4-6-2-1-3-7(6)8/h1,3-8H,2H2,(H,10,11)/t6-,7-,8-/m0/s1. The van der Waals surface area contributed by atoms with E-state index in [1.807, 2.05) is 18.2 Å². The van der Waals surface area contributed by atoms with Gasteiger partial charge in [-0.15, -0.1) is 0 Å². The monoisotopic (exact) mass is 150 g/mol. The Morgan fingerprint density at radius 1 is 1.36 bits per heavy atom. The highest BCUT2D eigenvalue weighted by atomic mass is 16.4. The van der Waals surface area contributed by atoms with Gasteiger partial charge in [0.1, 0.15) is 0 Å². The van der Waals surface area contributed by atoms with Crippen molar-refractivity contribution in [2.45, 2.75) is 6.42 Å². The summed E-state index contributed by atoms with van der Waals surface area (Å²) in [5, 5.41) is 8.78. The van der Waals surface area contributed by atoms with Gasteiger partial charge in [0.05, 0.1) is 5.92 Å². The predicted octanol–water partition coefficient (Wildman–Crippen LogP) is 1.45. The minimum Gasteiger partial charge on any atom is -0.481 e. The van der Waals surface area contributed by atoms with Crippen molar-refractivity contribution in [3.8, 4) is 0 Å². The molecule has 11 heavy (non-hydrogen) atoms. The van der Waals surface area contributed by atoms with Gasteiger partial charge in [0.2, 0.25) is 0 Å². The lowest BCUT2D eigenvalue weighted by atomic mass is 9.91. The molecule has 0 fully saturated rings. The van der Waals surface area contributed by atoms with Crippen LogP contribution in [0.5, 0.6) is 0 Å². The van der Waals surface area contributed by atoms with Crippen LogP contribution in [0, 0.1) is 17.8 Å². The zero-order chi connectivity index (χ0) is 7.84. The molecule has 2 rings (SSSR count). The predicted molar refractivity (Wildman–Crippen MR) is 41.0 cm³/mol. The van der Waals surface area contributed by atoms with E-state index >= 15 is 0 Å². The van der Waals surface area contributed by atoms with E-state index in [1.165, 1.54) is 0 Å². The highest BCUT2D eigenvalue weighted by Crippen LogP contribution is 2.38. The third kappa shape index (κ3) is 0.897. The smallest absolute Gasteiger partial charge is 0.310 e. The lowest BCUT2D eigenvalue weighted by Crippen LogP contribution is -2.18. The number of hydrogen-bond acceptors (Lipinski definition) is 1. The number of carboxylic acids is 1. The molecule has 1 N–H and O–H groups in total. The van der Waals surface area contributed by atoms with Gasteiger partial charge in [-0.2, -0.15) is 0 Å². The number of hydrogen-bond donors (Lipinski definition) is 1. The fourth-order valence-corrected chi connectivity index (χ4v) is 1.92. The normalized spacial score (nSPS) is 39.5. The van der Waals surface area contributed by atoms with Crippen LogP contribution in [0.2, 0.25) is 0 Å². The Kier molecular flexibility index (Phi) is 1.34. The molecule has 0 aliphatic heterocycles. The van der Waals surface area contributed by atoms with Gasteiger partial charge in [-0.05, 0) is 12.3 Å². The molecule has 0 saturated heterocycles. The highest BCUT2D eigenvalue weighted by Gasteiger charge is 2.35. The van der Waals surface area contributed by atoms with Gasteiger partial charge in [0.15, 0.2) is 0 Å². The van der Waals surface area contributed by atoms with Crippen LogP contribution in [0.25, 0.3) is 0 Å². The van der Waals surface area contributed by atoms with E-state index in [9.17, 15) is 4.79 Å². The van der Waals surface area contributed by atoms with Crippen molar-refractivity contribution in [2.24, 2.45) is 17.8 Å². The van der Waals surface area contributed by atoms with E-state index in [-0.39, 0.29) is 11.8 Å². The molecule has 0 spiro atoms. The number of carbonyl (C=O) groups is 1. The number of carboxylic acid groups (broad SMARTS) is 1. The highest BCUT2D eigenvalue weighted by molar-refractivity contribution is 5.74. The van der Waals surface area contributed by atoms with Crippen molar-refractivity contribution < 1.29 is 9.90 Å². The van der Waals surface area contributed by atoms with Gasteiger partial charge in [-0.1, -0.05) is 24.3 Å². The molecule has 0 aromatic carbocycles. The van der Waals surface area contributed by atoms with E-state index in [4.69, 9.17) is 5.11 Å². The number of allylic oxidation sites excluding steroid dienone is 3. The summed E-state index contributed by atoms with van der Waals surface area (Å²) in [6, 6.07) is 0. The summed E-state index contributed by atoms with van der Waals surface area (Å²) in [5.74, 6) is -0.248. The molecule has 0 bridgehead atoms. The Morgan fingerprint density at radius 2 is 2.18 bits per heavy atom. The SMILES string of the molecule is O=C(O)[C@H]1C=C[C@@H]2CC=C[C@@H]21. The van der Waals surface area contributed by atoms with Crippen molar-refractivity contribution >= 4 is 5.97 Å². The fourth-order valence-electron chi connectivity index (χ4n) is 1.92. The zero-order valence-corrected chi connectivity index (χ0v) is 6.10. The van der Waals surface area contributed by atoms with Gasteiger partial charge in [0.25, 0.3) is 0 Å². The van der Waals surface area contributed by atoms with Crippen molar-refractivity contribution in [1.82, 2.24) is 0 Å². The van der Waals surface area contributed by atoms with Crippen LogP contribution >= 0.6 is 0 Å². The Hall–Kier alpha value is -1.05. The number of aliphatic carboxylic acids is 1. The molecule has 2 aliphatic rings. The first-order chi connectivity index (χ1) is 5.29. The largest absolute Gasteiger partial charge is 0.481 e. The summed E-state index contributed by atoms with van der Waals surface area (Å²) in [5.41, 5.74) is 0. The summed E-state index contributed by atoms with van der Waals surface area (Å²) in [7, 11) is 0. The zero-order valence-electron chi connectivity index (χ0n) is 6.10. The summed E-state index contributed by atoms with van der Waals surface area (Å²) in [6.45, 7) is 0. The third-order valence-corrected chi connectivity index (χ3v) is 2.53. The van der Waals surface area contributed by atoms with E-state index in [2.05, 4.69) is 6.08 Å². The lowest BCUT2D eigenvalue weighted by molar-refractivity contribution is -0.141. The molecule has 2 aliphatic carbocycles. The van der Waals surface area contributed by atoms with Crippen LogP contribution < -0.4 is 0 Å². The molecule has 0 aromatic heterocycles. The second kappa shape index (κ2) is 2.22. The minimum atomic E-state index is -0.694. The maximum atomic E-state index is 10.7. The quantitative estimate of drug-likeness (QED) is 0.574. The van der Waals surface area contributed by atoms with Crippen LogP contribution in [0.1, 0.15) is 6.42 Å². The number of rotatable bonds is 1. The molecule has 2 nitrogen and oxygen atoms in total. The summed E-state index contributed by atoms with van der Waals surface area (Å²) < 4.78 is 0. The first kappa shape index (κ1) is 6.65. The molecule has 0 unspecified atom stereocenters. The van der Waals surface area contributed by atoms with E-state index in [0.29, 0.717) is 5.92 Å². The van der Waals surface area contributed by atoms with E-state index < -0.39 is 5.97 Å². The molecular weight excluding hydrogens is 140 g/mol. The molecule has 2 heteroatoms. The maximum Gasteiger partial charge on any atom is 0.310 e. The fraction of sp³-hybridized carbons (Fsp3) is 0.444. The van der Waals surface area contributed by atoms with Crippen molar-refractivity contribution in [3.05, 3.63) is 24.3 Å². The maximum absolute atomic E-state index is 10.7. The minimum absolute atomic E-state index is 0.243. The third-order valence-electron chi connectivity index (χ3n) is 2.53.